The summed E-state index contributed by atoms with van der Waals surface area (Å²) in [4.78, 5) is 11.3. The van der Waals surface area contributed by atoms with E-state index in [2.05, 4.69) is 11.7 Å². The summed E-state index contributed by atoms with van der Waals surface area (Å²) < 4.78 is 10.5. The fourth-order valence-electron chi connectivity index (χ4n) is 2.27. The van der Waals surface area contributed by atoms with E-state index in [1.165, 1.54) is 18.8 Å². The van der Waals surface area contributed by atoms with Crippen molar-refractivity contribution >= 4 is 11.5 Å². The van der Waals surface area contributed by atoms with Crippen LogP contribution < -0.4 is 4.74 Å². The Labute approximate surface area is 119 Å². The van der Waals surface area contributed by atoms with Crippen molar-refractivity contribution in [2.75, 3.05) is 13.7 Å². The van der Waals surface area contributed by atoms with Crippen LogP contribution in [-0.2, 0) is 9.53 Å². The predicted octanol–water partition coefficient (Wildman–Crippen LogP) is 3.75. The zero-order valence-electron chi connectivity index (χ0n) is 12.0. The quantitative estimate of drug-likeness (QED) is 0.605. The van der Waals surface area contributed by atoms with E-state index < -0.39 is 0 Å². The Hall–Kier alpha value is -2.03. The fourth-order valence-corrected chi connectivity index (χ4v) is 2.27. The fraction of sp³-hybridized carbons (Fsp3) is 0.353. The second-order valence-corrected chi connectivity index (χ2v) is 4.76. The van der Waals surface area contributed by atoms with Crippen LogP contribution in [0.2, 0.25) is 0 Å². The van der Waals surface area contributed by atoms with Crippen molar-refractivity contribution < 1.29 is 14.3 Å². The number of carbonyl (C=O) groups is 1. The second kappa shape index (κ2) is 6.94. The summed E-state index contributed by atoms with van der Waals surface area (Å²) in [6.07, 6.45) is 6.57. The van der Waals surface area contributed by atoms with Gasteiger partial charge in [0.25, 0.3) is 0 Å². The number of esters is 1. The molecule has 0 spiro atoms. The summed E-state index contributed by atoms with van der Waals surface area (Å²) in [5.74, 6) is 0.536. The van der Waals surface area contributed by atoms with Crippen LogP contribution in [0.4, 0.5) is 0 Å². The van der Waals surface area contributed by atoms with Gasteiger partial charge in [0.15, 0.2) is 0 Å². The second-order valence-electron chi connectivity index (χ2n) is 4.76. The van der Waals surface area contributed by atoms with Crippen LogP contribution in [0, 0.1) is 0 Å². The molecule has 20 heavy (non-hydrogen) atoms. The highest BCUT2D eigenvalue weighted by molar-refractivity contribution is 5.89. The highest BCUT2D eigenvalue weighted by atomic mass is 16.5. The molecule has 0 saturated heterocycles. The maximum atomic E-state index is 11.3. The lowest BCUT2D eigenvalue weighted by Gasteiger charge is -2.22. The van der Waals surface area contributed by atoms with Crippen molar-refractivity contribution in [3.63, 3.8) is 0 Å². The van der Waals surface area contributed by atoms with Gasteiger partial charge in [-0.25, -0.2) is 4.79 Å². The van der Waals surface area contributed by atoms with E-state index in [1.54, 1.807) is 0 Å². The molecular formula is C17H20O3. The molecule has 0 atom stereocenters. The molecule has 2 rings (SSSR count). The molecular weight excluding hydrogens is 252 g/mol. The first-order chi connectivity index (χ1) is 9.76. The number of hydrogen-bond donors (Lipinski definition) is 0. The number of para-hydroxylation sites is 1. The van der Waals surface area contributed by atoms with Gasteiger partial charge in [-0.3, -0.25) is 0 Å². The topological polar surface area (TPSA) is 35.5 Å². The van der Waals surface area contributed by atoms with Crippen molar-refractivity contribution in [3.05, 3.63) is 47.6 Å². The number of unbranched alkanes of at least 4 members (excludes halogenated alkanes) is 1. The van der Waals surface area contributed by atoms with E-state index in [0.29, 0.717) is 6.61 Å². The monoisotopic (exact) mass is 272 g/mol. The molecule has 0 bridgehead atoms. The Morgan fingerprint density at radius 3 is 2.95 bits per heavy atom. The standard InChI is InChI=1S/C17H20O3/c1-3-4-7-13-12-20-16-9-6-5-8-15(16)14(13)10-11-17(18)19-2/h5-6,8-11H,3-4,7,12H2,1-2H3/b11-10+. The summed E-state index contributed by atoms with van der Waals surface area (Å²) in [5, 5.41) is 0. The summed E-state index contributed by atoms with van der Waals surface area (Å²) in [6.45, 7) is 2.76. The van der Waals surface area contributed by atoms with Crippen molar-refractivity contribution in [3.8, 4) is 5.75 Å². The van der Waals surface area contributed by atoms with Gasteiger partial charge in [0.05, 0.1) is 7.11 Å². The minimum atomic E-state index is -0.337. The minimum Gasteiger partial charge on any atom is -0.489 e. The van der Waals surface area contributed by atoms with E-state index in [9.17, 15) is 4.79 Å². The molecule has 1 aliphatic heterocycles. The number of carbonyl (C=O) groups excluding carboxylic acids is 1. The number of benzene rings is 1. The normalized spacial score (nSPS) is 14.1. The van der Waals surface area contributed by atoms with Crippen LogP contribution in [0.5, 0.6) is 5.75 Å². The molecule has 0 radical (unpaired) electrons. The van der Waals surface area contributed by atoms with Crippen LogP contribution in [0.1, 0.15) is 31.7 Å². The third-order valence-corrected chi connectivity index (χ3v) is 3.38. The van der Waals surface area contributed by atoms with Crippen LogP contribution in [0.25, 0.3) is 5.57 Å². The van der Waals surface area contributed by atoms with Crippen molar-refractivity contribution in [1.82, 2.24) is 0 Å². The first-order valence-corrected chi connectivity index (χ1v) is 6.96. The van der Waals surface area contributed by atoms with Gasteiger partial charge in [0, 0.05) is 11.6 Å². The lowest BCUT2D eigenvalue weighted by molar-refractivity contribution is -0.134. The van der Waals surface area contributed by atoms with Gasteiger partial charge in [-0.2, -0.15) is 0 Å². The molecule has 0 amide bonds. The number of fused-ring (bicyclic) bond motifs is 1. The van der Waals surface area contributed by atoms with Gasteiger partial charge in [0.2, 0.25) is 0 Å². The Balaban J connectivity index is 2.37. The van der Waals surface area contributed by atoms with Crippen molar-refractivity contribution in [2.45, 2.75) is 26.2 Å². The van der Waals surface area contributed by atoms with Gasteiger partial charge in [0.1, 0.15) is 12.4 Å². The summed E-state index contributed by atoms with van der Waals surface area (Å²) in [7, 11) is 1.39. The highest BCUT2D eigenvalue weighted by Crippen LogP contribution is 2.35. The van der Waals surface area contributed by atoms with E-state index in [1.807, 2.05) is 30.3 Å². The number of methoxy groups -OCH3 is 1. The first kappa shape index (κ1) is 14.4. The molecule has 3 nitrogen and oxygen atoms in total. The Morgan fingerprint density at radius 1 is 1.40 bits per heavy atom. The molecule has 1 heterocycles. The summed E-state index contributed by atoms with van der Waals surface area (Å²) in [5.41, 5.74) is 3.38. The number of rotatable bonds is 5. The van der Waals surface area contributed by atoms with Crippen molar-refractivity contribution in [1.29, 1.82) is 0 Å². The van der Waals surface area contributed by atoms with Gasteiger partial charge in [-0.05, 0) is 36.1 Å². The van der Waals surface area contributed by atoms with Crippen molar-refractivity contribution in [2.24, 2.45) is 0 Å². The molecule has 0 aliphatic carbocycles. The van der Waals surface area contributed by atoms with E-state index in [-0.39, 0.29) is 5.97 Å². The van der Waals surface area contributed by atoms with Gasteiger partial charge in [-0.15, -0.1) is 0 Å². The lowest BCUT2D eigenvalue weighted by Crippen LogP contribution is -2.11. The van der Waals surface area contributed by atoms with Gasteiger partial charge >= 0.3 is 5.97 Å². The SMILES string of the molecule is CCCCC1=C(/C=C/C(=O)OC)c2ccccc2OC1. The molecule has 1 aromatic carbocycles. The molecule has 0 saturated carbocycles. The maximum Gasteiger partial charge on any atom is 0.330 e. The predicted molar refractivity (Wildman–Crippen MR) is 79.5 cm³/mol. The van der Waals surface area contributed by atoms with Crippen LogP contribution in [0.3, 0.4) is 0 Å². The molecule has 1 aliphatic rings. The number of ether oxygens (including phenoxy) is 2. The Morgan fingerprint density at radius 2 is 2.20 bits per heavy atom. The molecule has 3 heteroatoms. The smallest absolute Gasteiger partial charge is 0.330 e. The van der Waals surface area contributed by atoms with Crippen LogP contribution in [0.15, 0.2) is 42.0 Å². The summed E-state index contributed by atoms with van der Waals surface area (Å²) >= 11 is 0. The number of allylic oxidation sites excluding steroid dienone is 2. The molecule has 0 aromatic heterocycles. The highest BCUT2D eigenvalue weighted by Gasteiger charge is 2.17. The average Bonchev–Trinajstić information content (AvgIpc) is 2.50. The average molecular weight is 272 g/mol. The Bertz CT molecular complexity index is 541. The maximum absolute atomic E-state index is 11.3. The van der Waals surface area contributed by atoms with Gasteiger partial charge < -0.3 is 9.47 Å². The zero-order chi connectivity index (χ0) is 14.4. The summed E-state index contributed by atoms with van der Waals surface area (Å²) in [6, 6.07) is 7.92. The lowest BCUT2D eigenvalue weighted by atomic mass is 9.93. The Kier molecular flexibility index (Phi) is 4.99. The molecule has 106 valence electrons. The molecule has 0 N–H and O–H groups in total. The molecule has 1 aromatic rings. The molecule has 0 fully saturated rings. The zero-order valence-corrected chi connectivity index (χ0v) is 12.0. The number of hydrogen-bond acceptors (Lipinski definition) is 3. The van der Waals surface area contributed by atoms with Gasteiger partial charge in [-0.1, -0.05) is 31.5 Å². The van der Waals surface area contributed by atoms with E-state index in [0.717, 1.165) is 36.1 Å². The minimum absolute atomic E-state index is 0.337. The van der Waals surface area contributed by atoms with E-state index >= 15 is 0 Å². The largest absolute Gasteiger partial charge is 0.489 e. The molecule has 0 unspecified atom stereocenters. The van der Waals surface area contributed by atoms with Crippen LogP contribution in [-0.4, -0.2) is 19.7 Å². The third kappa shape index (κ3) is 3.29. The van der Waals surface area contributed by atoms with E-state index in [4.69, 9.17) is 4.74 Å². The van der Waals surface area contributed by atoms with Crippen LogP contribution >= 0.6 is 0 Å². The third-order valence-electron chi connectivity index (χ3n) is 3.38. The first-order valence-electron chi connectivity index (χ1n) is 6.96.